The molecule has 0 spiro atoms. The summed E-state index contributed by atoms with van der Waals surface area (Å²) in [5.74, 6) is 0. The molecule has 0 aliphatic rings. The molecule has 14 heavy (non-hydrogen) atoms. The van der Waals surface area contributed by atoms with Gasteiger partial charge in [0, 0.05) is 6.04 Å². The van der Waals surface area contributed by atoms with Crippen LogP contribution in [0.25, 0.3) is 0 Å². The predicted molar refractivity (Wildman–Crippen MR) is 70.5 cm³/mol. The van der Waals surface area contributed by atoms with Crippen LogP contribution in [0.1, 0.15) is 33.6 Å². The van der Waals surface area contributed by atoms with E-state index in [1.54, 1.807) is 0 Å². The quantitative estimate of drug-likeness (QED) is 0.360. The van der Waals surface area contributed by atoms with Gasteiger partial charge >= 0.3 is 6.00 Å². The molecule has 0 rings (SSSR count). The van der Waals surface area contributed by atoms with Crippen LogP contribution in [0.15, 0.2) is 23.3 Å². The molecule has 0 heterocycles. The van der Waals surface area contributed by atoms with Crippen LogP contribution in [0.5, 0.6) is 0 Å². The van der Waals surface area contributed by atoms with Gasteiger partial charge in [-0.15, -0.1) is 33.2 Å². The lowest BCUT2D eigenvalue weighted by Gasteiger charge is -2.04. The zero-order valence-electron chi connectivity index (χ0n) is 8.91. The fourth-order valence-electron chi connectivity index (χ4n) is 0.981. The van der Waals surface area contributed by atoms with E-state index in [2.05, 4.69) is 32.9 Å². The molecule has 0 aliphatic heterocycles. The number of allylic oxidation sites excluding steroid dienone is 4. The van der Waals surface area contributed by atoms with E-state index in [0.717, 1.165) is 12.8 Å². The SMILES string of the molecule is CC(C)=CCCC(C)=CC[Si](Cl)(Cl)Cl. The smallest absolute Gasteiger partial charge is 0.126 e. The maximum atomic E-state index is 5.77. The van der Waals surface area contributed by atoms with Crippen molar-refractivity contribution in [2.45, 2.75) is 39.7 Å². The molecule has 0 aromatic rings. The summed E-state index contributed by atoms with van der Waals surface area (Å²) >= 11 is 17.3. The van der Waals surface area contributed by atoms with E-state index >= 15 is 0 Å². The van der Waals surface area contributed by atoms with Crippen LogP contribution >= 0.6 is 33.2 Å². The van der Waals surface area contributed by atoms with Crippen molar-refractivity contribution in [3.05, 3.63) is 23.3 Å². The summed E-state index contributed by atoms with van der Waals surface area (Å²) < 4.78 is 0. The Hall–Kier alpha value is 0.567. The maximum absolute atomic E-state index is 5.77. The molecule has 4 heteroatoms. The van der Waals surface area contributed by atoms with Crippen molar-refractivity contribution in [1.29, 1.82) is 0 Å². The Morgan fingerprint density at radius 1 is 1.07 bits per heavy atom. The van der Waals surface area contributed by atoms with E-state index in [1.165, 1.54) is 11.1 Å². The van der Waals surface area contributed by atoms with E-state index in [1.807, 2.05) is 0 Å². The van der Waals surface area contributed by atoms with E-state index in [9.17, 15) is 0 Å². The van der Waals surface area contributed by atoms with Gasteiger partial charge in [-0.05, 0) is 33.6 Å². The molecule has 0 bridgehead atoms. The van der Waals surface area contributed by atoms with E-state index in [0.29, 0.717) is 6.04 Å². The first-order valence-corrected chi connectivity index (χ1v) is 9.91. The van der Waals surface area contributed by atoms with Crippen molar-refractivity contribution in [2.75, 3.05) is 0 Å². The van der Waals surface area contributed by atoms with Crippen LogP contribution < -0.4 is 0 Å². The summed E-state index contributed by atoms with van der Waals surface area (Å²) in [5.41, 5.74) is 2.66. The molecule has 0 saturated carbocycles. The second kappa shape index (κ2) is 6.94. The summed E-state index contributed by atoms with van der Waals surface area (Å²) in [6.45, 7) is 6.30. The van der Waals surface area contributed by atoms with Gasteiger partial charge in [0.05, 0.1) is 0 Å². The van der Waals surface area contributed by atoms with Gasteiger partial charge in [-0.3, -0.25) is 0 Å². The molecule has 0 radical (unpaired) electrons. The molecule has 0 amide bonds. The predicted octanol–water partition coefficient (Wildman–Crippen LogP) is 5.33. The molecule has 0 nitrogen and oxygen atoms in total. The van der Waals surface area contributed by atoms with Crippen molar-refractivity contribution in [1.82, 2.24) is 0 Å². The Kier molecular flexibility index (Phi) is 7.22. The van der Waals surface area contributed by atoms with Crippen molar-refractivity contribution in [3.8, 4) is 0 Å². The monoisotopic (exact) mass is 270 g/mol. The summed E-state index contributed by atoms with van der Waals surface area (Å²) in [5, 5.41) is 0. The number of halogens is 3. The van der Waals surface area contributed by atoms with Crippen LogP contribution in [0.2, 0.25) is 6.04 Å². The number of hydrogen-bond acceptors (Lipinski definition) is 0. The Balaban J connectivity index is 3.85. The highest BCUT2D eigenvalue weighted by Gasteiger charge is 2.22. The summed E-state index contributed by atoms with van der Waals surface area (Å²) in [6.07, 6.45) is 6.41. The van der Waals surface area contributed by atoms with Gasteiger partial charge in [0.1, 0.15) is 0 Å². The minimum absolute atomic E-state index is 0.623. The molecular formula is C10H17Cl3Si. The second-order valence-corrected chi connectivity index (χ2v) is 12.9. The van der Waals surface area contributed by atoms with Crippen molar-refractivity contribution in [3.63, 3.8) is 0 Å². The zero-order valence-corrected chi connectivity index (χ0v) is 12.2. The van der Waals surface area contributed by atoms with Gasteiger partial charge in [0.2, 0.25) is 0 Å². The lowest BCUT2D eigenvalue weighted by molar-refractivity contribution is 0.963. The molecule has 0 unspecified atom stereocenters. The summed E-state index contributed by atoms with van der Waals surface area (Å²) in [7, 11) is 0. The highest BCUT2D eigenvalue weighted by Crippen LogP contribution is 2.26. The lowest BCUT2D eigenvalue weighted by atomic mass is 10.1. The van der Waals surface area contributed by atoms with Gasteiger partial charge in [0.25, 0.3) is 0 Å². The average molecular weight is 272 g/mol. The largest absolute Gasteiger partial charge is 0.344 e. The highest BCUT2D eigenvalue weighted by atomic mass is 35.8. The van der Waals surface area contributed by atoms with E-state index in [-0.39, 0.29) is 0 Å². The van der Waals surface area contributed by atoms with E-state index < -0.39 is 6.00 Å². The summed E-state index contributed by atoms with van der Waals surface area (Å²) in [6, 6.07) is -1.83. The minimum atomic E-state index is -2.46. The first-order chi connectivity index (χ1) is 6.31. The van der Waals surface area contributed by atoms with Crippen LogP contribution in [0.4, 0.5) is 0 Å². The van der Waals surface area contributed by atoms with Crippen molar-refractivity contribution < 1.29 is 0 Å². The third-order valence-electron chi connectivity index (χ3n) is 1.77. The van der Waals surface area contributed by atoms with Crippen molar-refractivity contribution in [2.24, 2.45) is 0 Å². The van der Waals surface area contributed by atoms with Crippen LogP contribution in [-0.4, -0.2) is 6.00 Å². The molecule has 0 atom stereocenters. The molecule has 0 saturated heterocycles. The Morgan fingerprint density at radius 2 is 1.64 bits per heavy atom. The lowest BCUT2D eigenvalue weighted by Crippen LogP contribution is -2.06. The zero-order chi connectivity index (χ0) is 11.2. The highest BCUT2D eigenvalue weighted by molar-refractivity contribution is 7.64. The number of hydrogen-bond donors (Lipinski definition) is 0. The molecule has 82 valence electrons. The van der Waals surface area contributed by atoms with Crippen LogP contribution in [0.3, 0.4) is 0 Å². The Bertz CT molecular complexity index is 222. The fraction of sp³-hybridized carbons (Fsp3) is 0.600. The van der Waals surface area contributed by atoms with Gasteiger partial charge in [-0.2, -0.15) is 0 Å². The molecular weight excluding hydrogens is 255 g/mol. The molecule has 0 N–H and O–H groups in total. The maximum Gasteiger partial charge on any atom is 0.344 e. The first-order valence-electron chi connectivity index (χ1n) is 4.67. The fourth-order valence-corrected chi connectivity index (χ4v) is 2.25. The number of rotatable bonds is 5. The Morgan fingerprint density at radius 3 is 2.07 bits per heavy atom. The van der Waals surface area contributed by atoms with Crippen molar-refractivity contribution >= 4 is 39.2 Å². The van der Waals surface area contributed by atoms with Crippen LogP contribution in [-0.2, 0) is 0 Å². The van der Waals surface area contributed by atoms with Gasteiger partial charge < -0.3 is 0 Å². The molecule has 0 aromatic carbocycles. The molecule has 0 aromatic heterocycles. The van der Waals surface area contributed by atoms with E-state index in [4.69, 9.17) is 33.2 Å². The average Bonchev–Trinajstić information content (AvgIpc) is 1.99. The van der Waals surface area contributed by atoms with Gasteiger partial charge in [-0.25, -0.2) is 0 Å². The Labute approximate surface area is 102 Å². The van der Waals surface area contributed by atoms with Crippen LogP contribution in [0, 0.1) is 0 Å². The first kappa shape index (κ1) is 14.6. The molecule has 0 fully saturated rings. The third-order valence-corrected chi connectivity index (χ3v) is 3.83. The summed E-state index contributed by atoms with van der Waals surface area (Å²) in [4.78, 5) is 0. The second-order valence-electron chi connectivity index (χ2n) is 3.69. The molecule has 0 aliphatic carbocycles. The van der Waals surface area contributed by atoms with Gasteiger partial charge in [0.15, 0.2) is 0 Å². The normalized spacial score (nSPS) is 12.9. The van der Waals surface area contributed by atoms with Gasteiger partial charge in [-0.1, -0.05) is 23.3 Å². The topological polar surface area (TPSA) is 0 Å². The third kappa shape index (κ3) is 10.6. The minimum Gasteiger partial charge on any atom is -0.126 e. The standard InChI is InChI=1S/C10H17Cl3Si/c1-9(2)5-4-6-10(3)7-8-14(11,12)13/h5,7H,4,6,8H2,1-3H3.